The molecule has 0 aliphatic heterocycles. The highest BCUT2D eigenvalue weighted by molar-refractivity contribution is 5.87. The molecule has 5 heteroatoms. The number of aryl methyl sites for hydroxylation is 1. The number of aromatic nitrogens is 2. The van der Waals surface area contributed by atoms with Gasteiger partial charge in [0.05, 0.1) is 12.8 Å². The van der Waals surface area contributed by atoms with E-state index in [0.717, 1.165) is 12.2 Å². The number of carbonyl (C=O) groups excluding carboxylic acids is 1. The summed E-state index contributed by atoms with van der Waals surface area (Å²) in [6.45, 7) is 3.62. The Hall–Kier alpha value is -1.36. The van der Waals surface area contributed by atoms with Crippen molar-refractivity contribution in [1.29, 1.82) is 0 Å². The van der Waals surface area contributed by atoms with Crippen molar-refractivity contribution < 1.29 is 9.53 Å². The second kappa shape index (κ2) is 4.76. The lowest BCUT2D eigenvalue weighted by atomic mass is 10.3. The summed E-state index contributed by atoms with van der Waals surface area (Å²) in [6.07, 6.45) is 0. The van der Waals surface area contributed by atoms with Gasteiger partial charge in [-0.05, 0) is 12.6 Å². The summed E-state index contributed by atoms with van der Waals surface area (Å²) in [5.41, 5.74) is 1.31. The minimum atomic E-state index is -0.400. The zero-order valence-electron chi connectivity index (χ0n) is 8.70. The van der Waals surface area contributed by atoms with Crippen molar-refractivity contribution in [1.82, 2.24) is 15.1 Å². The molecular formula is C9H15N3O2. The maximum atomic E-state index is 11.1. The highest BCUT2D eigenvalue weighted by atomic mass is 16.5. The summed E-state index contributed by atoms with van der Waals surface area (Å²) < 4.78 is 6.25. The maximum Gasteiger partial charge on any atom is 0.358 e. The molecule has 0 radical (unpaired) electrons. The summed E-state index contributed by atoms with van der Waals surface area (Å²) in [5, 5.41) is 7.20. The average Bonchev–Trinajstić information content (AvgIpc) is 2.56. The van der Waals surface area contributed by atoms with Gasteiger partial charge in [-0.15, -0.1) is 0 Å². The molecule has 0 aliphatic rings. The van der Waals surface area contributed by atoms with Crippen LogP contribution < -0.4 is 5.32 Å². The summed E-state index contributed by atoms with van der Waals surface area (Å²) in [7, 11) is 3.15. The molecule has 0 aliphatic carbocycles. The van der Waals surface area contributed by atoms with Crippen molar-refractivity contribution >= 4 is 5.97 Å². The van der Waals surface area contributed by atoms with Crippen molar-refractivity contribution in [3.8, 4) is 0 Å². The van der Waals surface area contributed by atoms with Crippen molar-refractivity contribution in [3.05, 3.63) is 17.5 Å². The van der Waals surface area contributed by atoms with Gasteiger partial charge >= 0.3 is 5.97 Å². The molecule has 0 saturated heterocycles. The molecule has 1 rings (SSSR count). The summed E-state index contributed by atoms with van der Waals surface area (Å²) in [4.78, 5) is 11.1. The molecule has 14 heavy (non-hydrogen) atoms. The van der Waals surface area contributed by atoms with Crippen LogP contribution in [0.15, 0.2) is 6.07 Å². The lowest BCUT2D eigenvalue weighted by molar-refractivity contribution is 0.0593. The molecule has 1 heterocycles. The maximum absolute atomic E-state index is 11.1. The Bertz CT molecular complexity index is 320. The van der Waals surface area contributed by atoms with Gasteiger partial charge in [0.2, 0.25) is 0 Å². The van der Waals surface area contributed by atoms with Crippen molar-refractivity contribution in [2.24, 2.45) is 7.05 Å². The molecule has 1 aromatic rings. The predicted molar refractivity (Wildman–Crippen MR) is 51.9 cm³/mol. The van der Waals surface area contributed by atoms with Gasteiger partial charge in [0.1, 0.15) is 0 Å². The number of ether oxygens (including phenoxy) is 1. The SMILES string of the molecule is CCNCc1cc(C(=O)OC)nn1C. The van der Waals surface area contributed by atoms with E-state index in [1.807, 2.05) is 6.92 Å². The van der Waals surface area contributed by atoms with E-state index in [1.165, 1.54) is 7.11 Å². The molecule has 78 valence electrons. The van der Waals surface area contributed by atoms with Gasteiger partial charge in [0.15, 0.2) is 5.69 Å². The Morgan fingerprint density at radius 1 is 1.71 bits per heavy atom. The van der Waals surface area contributed by atoms with Crippen LogP contribution >= 0.6 is 0 Å². The second-order valence-electron chi connectivity index (χ2n) is 2.92. The number of carbonyl (C=O) groups is 1. The molecule has 0 amide bonds. The molecule has 0 atom stereocenters. The Kier molecular flexibility index (Phi) is 3.64. The molecule has 0 unspecified atom stereocenters. The minimum Gasteiger partial charge on any atom is -0.464 e. The number of rotatable bonds is 4. The summed E-state index contributed by atoms with van der Waals surface area (Å²) in [6, 6.07) is 1.73. The van der Waals surface area contributed by atoms with Crippen LogP contribution in [0.25, 0.3) is 0 Å². The molecule has 5 nitrogen and oxygen atoms in total. The first-order valence-corrected chi connectivity index (χ1v) is 4.51. The van der Waals surface area contributed by atoms with E-state index in [0.29, 0.717) is 12.2 Å². The van der Waals surface area contributed by atoms with Gasteiger partial charge < -0.3 is 10.1 Å². The highest BCUT2D eigenvalue weighted by Crippen LogP contribution is 2.03. The third-order valence-corrected chi connectivity index (χ3v) is 1.93. The van der Waals surface area contributed by atoms with E-state index in [9.17, 15) is 4.79 Å². The van der Waals surface area contributed by atoms with Crippen molar-refractivity contribution in [2.45, 2.75) is 13.5 Å². The fourth-order valence-electron chi connectivity index (χ4n) is 1.13. The lowest BCUT2D eigenvalue weighted by Crippen LogP contribution is -2.14. The summed E-state index contributed by atoms with van der Waals surface area (Å²) >= 11 is 0. The molecule has 0 aromatic carbocycles. The second-order valence-corrected chi connectivity index (χ2v) is 2.92. The topological polar surface area (TPSA) is 56.1 Å². The first kappa shape index (κ1) is 10.7. The smallest absolute Gasteiger partial charge is 0.358 e. The fourth-order valence-corrected chi connectivity index (χ4v) is 1.13. The third kappa shape index (κ3) is 2.32. The van der Waals surface area contributed by atoms with Gasteiger partial charge in [-0.25, -0.2) is 4.79 Å². The molecular weight excluding hydrogens is 182 g/mol. The van der Waals surface area contributed by atoms with Crippen molar-refractivity contribution in [2.75, 3.05) is 13.7 Å². The lowest BCUT2D eigenvalue weighted by Gasteiger charge is -2.00. The van der Waals surface area contributed by atoms with E-state index in [2.05, 4.69) is 15.2 Å². The molecule has 1 N–H and O–H groups in total. The predicted octanol–water partition coefficient (Wildman–Crippen LogP) is 0.316. The van der Waals surface area contributed by atoms with Gasteiger partial charge in [-0.2, -0.15) is 5.10 Å². The van der Waals surface area contributed by atoms with Crippen LogP contribution in [0.1, 0.15) is 23.1 Å². The van der Waals surface area contributed by atoms with Crippen LogP contribution in [-0.2, 0) is 18.3 Å². The summed E-state index contributed by atoms with van der Waals surface area (Å²) in [5.74, 6) is -0.400. The molecule has 0 saturated carbocycles. The van der Waals surface area contributed by atoms with Crippen molar-refractivity contribution in [3.63, 3.8) is 0 Å². The number of hydrogen-bond donors (Lipinski definition) is 1. The first-order chi connectivity index (χ1) is 6.69. The normalized spacial score (nSPS) is 10.2. The Morgan fingerprint density at radius 2 is 2.43 bits per heavy atom. The molecule has 0 spiro atoms. The Labute approximate surface area is 83.1 Å². The van der Waals surface area contributed by atoms with Gasteiger partial charge in [0, 0.05) is 13.6 Å². The van der Waals surface area contributed by atoms with E-state index < -0.39 is 5.97 Å². The van der Waals surface area contributed by atoms with E-state index in [4.69, 9.17) is 0 Å². The minimum absolute atomic E-state index is 0.350. The van der Waals surface area contributed by atoms with Gasteiger partial charge in [0.25, 0.3) is 0 Å². The van der Waals surface area contributed by atoms with Crippen LogP contribution in [0.4, 0.5) is 0 Å². The first-order valence-electron chi connectivity index (χ1n) is 4.51. The van der Waals surface area contributed by atoms with Gasteiger partial charge in [-0.3, -0.25) is 4.68 Å². The van der Waals surface area contributed by atoms with E-state index in [1.54, 1.807) is 17.8 Å². The monoisotopic (exact) mass is 197 g/mol. The Balaban J connectivity index is 2.76. The van der Waals surface area contributed by atoms with Crippen LogP contribution in [-0.4, -0.2) is 29.4 Å². The van der Waals surface area contributed by atoms with Crippen LogP contribution in [0, 0.1) is 0 Å². The highest BCUT2D eigenvalue weighted by Gasteiger charge is 2.11. The quantitative estimate of drug-likeness (QED) is 0.706. The number of hydrogen-bond acceptors (Lipinski definition) is 4. The largest absolute Gasteiger partial charge is 0.464 e. The number of methoxy groups -OCH3 is 1. The molecule has 0 fully saturated rings. The van der Waals surface area contributed by atoms with Crippen LogP contribution in [0.3, 0.4) is 0 Å². The number of esters is 1. The van der Waals surface area contributed by atoms with Crippen LogP contribution in [0.5, 0.6) is 0 Å². The fraction of sp³-hybridized carbons (Fsp3) is 0.556. The zero-order chi connectivity index (χ0) is 10.6. The standard InChI is InChI=1S/C9H15N3O2/c1-4-10-6-7-5-8(9(13)14-3)11-12(7)2/h5,10H,4,6H2,1-3H3. The van der Waals surface area contributed by atoms with E-state index in [-0.39, 0.29) is 0 Å². The number of nitrogens with zero attached hydrogens (tertiary/aromatic N) is 2. The average molecular weight is 197 g/mol. The van der Waals surface area contributed by atoms with E-state index >= 15 is 0 Å². The number of nitrogens with one attached hydrogen (secondary N) is 1. The molecule has 1 aromatic heterocycles. The Morgan fingerprint density at radius 3 is 3.00 bits per heavy atom. The van der Waals surface area contributed by atoms with Gasteiger partial charge in [-0.1, -0.05) is 6.92 Å². The molecule has 0 bridgehead atoms. The zero-order valence-corrected chi connectivity index (χ0v) is 8.70. The third-order valence-electron chi connectivity index (χ3n) is 1.93. The van der Waals surface area contributed by atoms with Crippen LogP contribution in [0.2, 0.25) is 0 Å².